The molecule has 1 heterocycles. The first-order valence-corrected chi connectivity index (χ1v) is 9.00. The molecule has 0 aromatic heterocycles. The quantitative estimate of drug-likeness (QED) is 0.809. The first-order valence-electron chi connectivity index (χ1n) is 9.00. The summed E-state index contributed by atoms with van der Waals surface area (Å²) in [4.78, 5) is 11.8. The van der Waals surface area contributed by atoms with E-state index >= 15 is 0 Å². The summed E-state index contributed by atoms with van der Waals surface area (Å²) in [7, 11) is 1.37. The standard InChI is InChI=1S/C19H24F2N2O2/c1-25-17(24)12-2-5-14(15(8-12)23-13-3-4-13)16-9-18(6-7-22-16)10-19(20,21)11-18/h2,5,8,13,16,22-23H,3-4,6-7,9-11H2,1H3. The van der Waals surface area contributed by atoms with Crippen molar-refractivity contribution in [3.05, 3.63) is 29.3 Å². The van der Waals surface area contributed by atoms with Gasteiger partial charge in [-0.3, -0.25) is 0 Å². The van der Waals surface area contributed by atoms with Crippen LogP contribution >= 0.6 is 0 Å². The van der Waals surface area contributed by atoms with Gasteiger partial charge in [-0.2, -0.15) is 0 Å². The van der Waals surface area contributed by atoms with E-state index in [9.17, 15) is 13.6 Å². The molecular formula is C19H24F2N2O2. The van der Waals surface area contributed by atoms with Crippen molar-refractivity contribution in [3.63, 3.8) is 0 Å². The lowest BCUT2D eigenvalue weighted by Gasteiger charge is -2.52. The largest absolute Gasteiger partial charge is 0.465 e. The van der Waals surface area contributed by atoms with Crippen LogP contribution < -0.4 is 10.6 Å². The highest BCUT2D eigenvalue weighted by Gasteiger charge is 2.57. The van der Waals surface area contributed by atoms with E-state index in [1.165, 1.54) is 7.11 Å². The van der Waals surface area contributed by atoms with Gasteiger partial charge in [0.1, 0.15) is 0 Å². The zero-order chi connectivity index (χ0) is 17.7. The molecule has 136 valence electrons. The molecule has 25 heavy (non-hydrogen) atoms. The van der Waals surface area contributed by atoms with Crippen LogP contribution in [0, 0.1) is 5.41 Å². The van der Waals surface area contributed by atoms with Gasteiger partial charge in [0.25, 0.3) is 0 Å². The second-order valence-corrected chi connectivity index (χ2v) is 7.88. The average Bonchev–Trinajstić information content (AvgIpc) is 3.36. The van der Waals surface area contributed by atoms with Crippen LogP contribution in [-0.4, -0.2) is 31.6 Å². The van der Waals surface area contributed by atoms with Gasteiger partial charge in [-0.1, -0.05) is 6.07 Å². The number of halogens is 2. The number of esters is 1. The molecule has 1 atom stereocenters. The van der Waals surface area contributed by atoms with E-state index in [1.807, 2.05) is 12.1 Å². The number of ether oxygens (including phenoxy) is 1. The van der Waals surface area contributed by atoms with Crippen LogP contribution in [0.5, 0.6) is 0 Å². The predicted octanol–water partition coefficient (Wildman–Crippen LogP) is 3.89. The normalized spacial score (nSPS) is 26.8. The van der Waals surface area contributed by atoms with Gasteiger partial charge >= 0.3 is 5.97 Å². The molecule has 0 radical (unpaired) electrons. The number of anilines is 1. The maximum Gasteiger partial charge on any atom is 0.337 e. The molecule has 6 heteroatoms. The Morgan fingerprint density at radius 2 is 2.08 bits per heavy atom. The van der Waals surface area contributed by atoms with Gasteiger partial charge in [0.15, 0.2) is 0 Å². The van der Waals surface area contributed by atoms with Crippen molar-refractivity contribution in [2.45, 2.75) is 56.5 Å². The fourth-order valence-corrected chi connectivity index (χ4v) is 4.38. The van der Waals surface area contributed by atoms with Crippen LogP contribution in [0.15, 0.2) is 18.2 Å². The molecule has 1 aromatic rings. The van der Waals surface area contributed by atoms with E-state index < -0.39 is 5.92 Å². The van der Waals surface area contributed by atoms with Gasteiger partial charge < -0.3 is 15.4 Å². The molecule has 2 aliphatic carbocycles. The maximum atomic E-state index is 13.5. The Kier molecular flexibility index (Phi) is 3.98. The zero-order valence-electron chi connectivity index (χ0n) is 14.4. The monoisotopic (exact) mass is 350 g/mol. The van der Waals surface area contributed by atoms with Gasteiger partial charge in [0.05, 0.1) is 12.7 Å². The molecule has 1 saturated heterocycles. The second-order valence-electron chi connectivity index (χ2n) is 7.88. The number of hydrogen-bond acceptors (Lipinski definition) is 4. The minimum absolute atomic E-state index is 0.00378. The van der Waals surface area contributed by atoms with E-state index in [-0.39, 0.29) is 30.3 Å². The number of benzene rings is 1. The molecule has 1 spiro atoms. The Hall–Kier alpha value is -1.69. The highest BCUT2D eigenvalue weighted by Crippen LogP contribution is 2.59. The summed E-state index contributed by atoms with van der Waals surface area (Å²) in [5.41, 5.74) is 2.26. The molecule has 3 aliphatic rings. The Morgan fingerprint density at radius 1 is 1.32 bits per heavy atom. The van der Waals surface area contributed by atoms with Crippen LogP contribution in [0.25, 0.3) is 0 Å². The van der Waals surface area contributed by atoms with Crippen molar-refractivity contribution in [1.29, 1.82) is 0 Å². The smallest absolute Gasteiger partial charge is 0.337 e. The molecule has 4 rings (SSSR count). The molecule has 2 saturated carbocycles. The highest BCUT2D eigenvalue weighted by molar-refractivity contribution is 5.90. The third-order valence-corrected chi connectivity index (χ3v) is 5.74. The van der Waals surface area contributed by atoms with Gasteiger partial charge in [0, 0.05) is 30.6 Å². The molecule has 2 N–H and O–H groups in total. The van der Waals surface area contributed by atoms with E-state index in [4.69, 9.17) is 4.74 Å². The van der Waals surface area contributed by atoms with Crippen LogP contribution in [0.4, 0.5) is 14.5 Å². The summed E-state index contributed by atoms with van der Waals surface area (Å²) in [5, 5.41) is 6.97. The number of carbonyl (C=O) groups is 1. The van der Waals surface area contributed by atoms with Gasteiger partial charge in [0.2, 0.25) is 5.92 Å². The molecule has 1 unspecified atom stereocenters. The average molecular weight is 350 g/mol. The molecule has 1 aliphatic heterocycles. The molecule has 3 fully saturated rings. The lowest BCUT2D eigenvalue weighted by atomic mass is 9.59. The lowest BCUT2D eigenvalue weighted by molar-refractivity contribution is -0.174. The molecule has 1 aromatic carbocycles. The van der Waals surface area contributed by atoms with Crippen molar-refractivity contribution in [2.75, 3.05) is 19.0 Å². The van der Waals surface area contributed by atoms with E-state index in [0.717, 1.165) is 43.5 Å². The van der Waals surface area contributed by atoms with Crippen molar-refractivity contribution in [2.24, 2.45) is 5.41 Å². The SMILES string of the molecule is COC(=O)c1ccc(C2CC3(CCN2)CC(F)(F)C3)c(NC2CC2)c1. The number of methoxy groups -OCH3 is 1. The zero-order valence-corrected chi connectivity index (χ0v) is 14.4. The van der Waals surface area contributed by atoms with E-state index in [1.54, 1.807) is 6.07 Å². The van der Waals surface area contributed by atoms with E-state index in [0.29, 0.717) is 11.6 Å². The third kappa shape index (κ3) is 3.36. The van der Waals surface area contributed by atoms with Gasteiger partial charge in [-0.25, -0.2) is 13.6 Å². The fraction of sp³-hybridized carbons (Fsp3) is 0.632. The van der Waals surface area contributed by atoms with Crippen LogP contribution in [-0.2, 0) is 4.74 Å². The third-order valence-electron chi connectivity index (χ3n) is 5.74. The number of alkyl halides is 2. The summed E-state index contributed by atoms with van der Waals surface area (Å²) >= 11 is 0. The van der Waals surface area contributed by atoms with Crippen LogP contribution in [0.1, 0.15) is 60.5 Å². The van der Waals surface area contributed by atoms with Gasteiger partial charge in [-0.15, -0.1) is 0 Å². The minimum atomic E-state index is -2.49. The predicted molar refractivity (Wildman–Crippen MR) is 91.0 cm³/mol. The summed E-state index contributed by atoms with van der Waals surface area (Å²) in [6, 6.07) is 6.01. The van der Waals surface area contributed by atoms with Crippen molar-refractivity contribution in [1.82, 2.24) is 5.32 Å². The fourth-order valence-electron chi connectivity index (χ4n) is 4.38. The van der Waals surface area contributed by atoms with E-state index in [2.05, 4.69) is 10.6 Å². The molecule has 4 nitrogen and oxygen atoms in total. The van der Waals surface area contributed by atoms with Crippen molar-refractivity contribution < 1.29 is 18.3 Å². The molecular weight excluding hydrogens is 326 g/mol. The Bertz CT molecular complexity index is 680. The number of piperidine rings is 1. The van der Waals surface area contributed by atoms with Crippen molar-refractivity contribution in [3.8, 4) is 0 Å². The Morgan fingerprint density at radius 3 is 2.72 bits per heavy atom. The first kappa shape index (κ1) is 16.8. The second kappa shape index (κ2) is 5.94. The van der Waals surface area contributed by atoms with Gasteiger partial charge in [-0.05, 0) is 55.3 Å². The summed E-state index contributed by atoms with van der Waals surface area (Å²) < 4.78 is 31.7. The maximum absolute atomic E-state index is 13.5. The van der Waals surface area contributed by atoms with Crippen molar-refractivity contribution >= 4 is 11.7 Å². The van der Waals surface area contributed by atoms with Crippen LogP contribution in [0.2, 0.25) is 0 Å². The minimum Gasteiger partial charge on any atom is -0.465 e. The summed E-state index contributed by atoms with van der Waals surface area (Å²) in [6.45, 7) is 0.752. The summed E-state index contributed by atoms with van der Waals surface area (Å²) in [6.07, 6.45) is 3.78. The lowest BCUT2D eigenvalue weighted by Crippen LogP contribution is -2.52. The number of rotatable bonds is 4. The number of hydrogen-bond donors (Lipinski definition) is 2. The topological polar surface area (TPSA) is 50.4 Å². The molecule has 0 amide bonds. The number of nitrogens with one attached hydrogen (secondary N) is 2. The summed E-state index contributed by atoms with van der Waals surface area (Å²) in [5.74, 6) is -2.86. The highest BCUT2D eigenvalue weighted by atomic mass is 19.3. The van der Waals surface area contributed by atoms with Crippen LogP contribution in [0.3, 0.4) is 0 Å². The first-order chi connectivity index (χ1) is 11.9. The Balaban J connectivity index is 1.58. The Labute approximate surface area is 146 Å². The number of carbonyl (C=O) groups excluding carboxylic acids is 1. The molecule has 0 bridgehead atoms.